The SMILES string of the molecule is CCn1c2c(c(=O)[nH]c1=O)N(S(=O)(=O)c1ccc(C)cc1)C/C(=C/Sc1ccccc1)CCC2. The van der Waals surface area contributed by atoms with Gasteiger partial charge in [-0.3, -0.25) is 18.7 Å². The van der Waals surface area contributed by atoms with E-state index < -0.39 is 21.3 Å². The van der Waals surface area contributed by atoms with Crippen molar-refractivity contribution >= 4 is 27.5 Å². The standard InChI is InChI=1S/C25H27N3O4S2/c1-3-27-22-11-7-8-19(17-33-20-9-5-4-6-10-20)16-28(23(22)24(29)26-25(27)30)34(31,32)21-14-12-18(2)13-15-21/h4-6,9-10,12-15,17H,3,7-8,11,16H2,1-2H3,(H,26,29,30)/b19-17+. The number of aromatic amines is 1. The van der Waals surface area contributed by atoms with Crippen LogP contribution in [0.4, 0.5) is 5.69 Å². The van der Waals surface area contributed by atoms with E-state index in [9.17, 15) is 18.0 Å². The number of H-pyrrole nitrogens is 1. The Morgan fingerprint density at radius 3 is 2.41 bits per heavy atom. The maximum atomic E-state index is 13.8. The Morgan fingerprint density at radius 1 is 1.03 bits per heavy atom. The van der Waals surface area contributed by atoms with Gasteiger partial charge in [0.05, 0.1) is 17.1 Å². The number of thioether (sulfide) groups is 1. The number of aryl methyl sites for hydroxylation is 1. The van der Waals surface area contributed by atoms with E-state index in [0.29, 0.717) is 31.5 Å². The Hall–Kier alpha value is -3.04. The van der Waals surface area contributed by atoms with Crippen molar-refractivity contribution in [1.82, 2.24) is 9.55 Å². The first-order chi connectivity index (χ1) is 16.3. The van der Waals surface area contributed by atoms with Crippen molar-refractivity contribution in [2.75, 3.05) is 10.8 Å². The lowest BCUT2D eigenvalue weighted by atomic mass is 10.0. The molecule has 9 heteroatoms. The fraction of sp³-hybridized carbons (Fsp3) is 0.280. The van der Waals surface area contributed by atoms with Gasteiger partial charge >= 0.3 is 5.69 Å². The van der Waals surface area contributed by atoms with Crippen LogP contribution in [-0.2, 0) is 23.0 Å². The number of aromatic nitrogens is 2. The summed E-state index contributed by atoms with van der Waals surface area (Å²) in [5.41, 5.74) is 1.12. The number of nitrogens with zero attached hydrogens (tertiary/aromatic N) is 2. The zero-order valence-electron chi connectivity index (χ0n) is 19.2. The number of nitrogens with one attached hydrogen (secondary N) is 1. The minimum Gasteiger partial charge on any atom is -0.296 e. The molecule has 0 bridgehead atoms. The highest BCUT2D eigenvalue weighted by Crippen LogP contribution is 2.31. The lowest BCUT2D eigenvalue weighted by molar-refractivity contribution is 0.584. The predicted octanol–water partition coefficient (Wildman–Crippen LogP) is 4.07. The molecule has 3 aromatic rings. The average molecular weight is 498 g/mol. The number of hydrogen-bond donors (Lipinski definition) is 1. The van der Waals surface area contributed by atoms with E-state index in [1.165, 1.54) is 20.6 Å². The molecule has 2 heterocycles. The van der Waals surface area contributed by atoms with Gasteiger partial charge in [-0.05, 0) is 68.4 Å². The van der Waals surface area contributed by atoms with E-state index in [2.05, 4.69) is 4.98 Å². The molecule has 1 aliphatic heterocycles. The van der Waals surface area contributed by atoms with E-state index >= 15 is 0 Å². The average Bonchev–Trinajstić information content (AvgIpc) is 2.80. The Bertz CT molecular complexity index is 1420. The molecule has 0 fully saturated rings. The molecular weight excluding hydrogens is 470 g/mol. The minimum atomic E-state index is -4.06. The number of rotatable bonds is 5. The van der Waals surface area contributed by atoms with Gasteiger partial charge in [-0.15, -0.1) is 0 Å². The topological polar surface area (TPSA) is 92.2 Å². The van der Waals surface area contributed by atoms with E-state index in [4.69, 9.17) is 0 Å². The molecule has 2 aromatic carbocycles. The second-order valence-corrected chi connectivity index (χ2v) is 11.0. The summed E-state index contributed by atoms with van der Waals surface area (Å²) < 4.78 is 30.3. The van der Waals surface area contributed by atoms with Gasteiger partial charge in [-0.1, -0.05) is 47.7 Å². The number of anilines is 1. The smallest absolute Gasteiger partial charge is 0.296 e. The number of sulfonamides is 1. The van der Waals surface area contributed by atoms with Crippen LogP contribution in [0.2, 0.25) is 0 Å². The fourth-order valence-electron chi connectivity index (χ4n) is 4.07. The first kappa shape index (κ1) is 24.1. The van der Waals surface area contributed by atoms with Gasteiger partial charge in [0.15, 0.2) is 0 Å². The van der Waals surface area contributed by atoms with Crippen molar-refractivity contribution in [3.63, 3.8) is 0 Å². The van der Waals surface area contributed by atoms with Gasteiger partial charge in [-0.25, -0.2) is 13.2 Å². The Balaban J connectivity index is 1.86. The van der Waals surface area contributed by atoms with Crippen molar-refractivity contribution in [3.8, 4) is 0 Å². The zero-order chi connectivity index (χ0) is 24.3. The van der Waals surface area contributed by atoms with Gasteiger partial charge in [0.25, 0.3) is 15.6 Å². The van der Waals surface area contributed by atoms with Gasteiger partial charge in [0.1, 0.15) is 5.69 Å². The molecule has 1 aliphatic rings. The summed E-state index contributed by atoms with van der Waals surface area (Å²) in [6.45, 7) is 4.06. The molecule has 1 aromatic heterocycles. The Morgan fingerprint density at radius 2 is 1.74 bits per heavy atom. The van der Waals surface area contributed by atoms with E-state index in [-0.39, 0.29) is 17.1 Å². The molecule has 178 valence electrons. The Labute approximate surface area is 203 Å². The van der Waals surface area contributed by atoms with Crippen LogP contribution in [0, 0.1) is 6.92 Å². The quantitative estimate of drug-likeness (QED) is 0.537. The third kappa shape index (κ3) is 4.90. The fourth-order valence-corrected chi connectivity index (χ4v) is 6.37. The summed E-state index contributed by atoms with van der Waals surface area (Å²) in [6.07, 6.45) is 1.79. The minimum absolute atomic E-state index is 0.0253. The van der Waals surface area contributed by atoms with Crippen LogP contribution >= 0.6 is 11.8 Å². The first-order valence-electron chi connectivity index (χ1n) is 11.2. The summed E-state index contributed by atoms with van der Waals surface area (Å²) in [4.78, 5) is 29.0. The molecular formula is C25H27N3O4S2. The molecule has 7 nitrogen and oxygen atoms in total. The van der Waals surface area contributed by atoms with Crippen molar-refractivity contribution in [2.45, 2.75) is 49.4 Å². The van der Waals surface area contributed by atoms with E-state index in [1.807, 2.05) is 42.7 Å². The summed E-state index contributed by atoms with van der Waals surface area (Å²) >= 11 is 1.52. The molecule has 0 spiro atoms. The van der Waals surface area contributed by atoms with Crippen molar-refractivity contribution in [1.29, 1.82) is 0 Å². The molecule has 0 amide bonds. The molecule has 0 aliphatic carbocycles. The second kappa shape index (κ2) is 10.1. The van der Waals surface area contributed by atoms with Crippen LogP contribution in [0.25, 0.3) is 0 Å². The van der Waals surface area contributed by atoms with Gasteiger partial charge in [-0.2, -0.15) is 0 Å². The van der Waals surface area contributed by atoms with Crippen LogP contribution in [0.15, 0.2) is 85.0 Å². The lowest BCUT2D eigenvalue weighted by Crippen LogP contribution is -2.43. The normalized spacial score (nSPS) is 15.6. The third-order valence-electron chi connectivity index (χ3n) is 5.82. The number of benzene rings is 2. The highest BCUT2D eigenvalue weighted by Gasteiger charge is 2.32. The lowest BCUT2D eigenvalue weighted by Gasteiger charge is -2.30. The maximum absolute atomic E-state index is 13.8. The third-order valence-corrected chi connectivity index (χ3v) is 8.57. The van der Waals surface area contributed by atoms with Gasteiger partial charge in [0, 0.05) is 11.4 Å². The predicted molar refractivity (Wildman–Crippen MR) is 136 cm³/mol. The molecule has 0 radical (unpaired) electrons. The molecule has 0 unspecified atom stereocenters. The summed E-state index contributed by atoms with van der Waals surface area (Å²) in [7, 11) is -4.06. The molecule has 0 atom stereocenters. The summed E-state index contributed by atoms with van der Waals surface area (Å²) in [5, 5.41) is 1.97. The van der Waals surface area contributed by atoms with Crippen molar-refractivity contribution in [2.24, 2.45) is 0 Å². The molecule has 1 N–H and O–H groups in total. The zero-order valence-corrected chi connectivity index (χ0v) is 20.8. The van der Waals surface area contributed by atoms with Crippen molar-refractivity contribution < 1.29 is 8.42 Å². The second-order valence-electron chi connectivity index (χ2n) is 8.18. The van der Waals surface area contributed by atoms with Crippen LogP contribution in [0.1, 0.15) is 31.0 Å². The summed E-state index contributed by atoms with van der Waals surface area (Å²) in [5.74, 6) is 0. The van der Waals surface area contributed by atoms with Crippen LogP contribution in [0.3, 0.4) is 0 Å². The van der Waals surface area contributed by atoms with Crippen LogP contribution in [0.5, 0.6) is 0 Å². The largest absolute Gasteiger partial charge is 0.328 e. The molecule has 34 heavy (non-hydrogen) atoms. The van der Waals surface area contributed by atoms with Crippen LogP contribution < -0.4 is 15.6 Å². The molecule has 0 saturated carbocycles. The van der Waals surface area contributed by atoms with Crippen LogP contribution in [-0.4, -0.2) is 24.5 Å². The highest BCUT2D eigenvalue weighted by atomic mass is 32.2. The van der Waals surface area contributed by atoms with E-state index in [1.54, 1.807) is 31.2 Å². The van der Waals surface area contributed by atoms with Gasteiger partial charge < -0.3 is 0 Å². The monoisotopic (exact) mass is 497 g/mol. The number of fused-ring (bicyclic) bond motifs is 1. The van der Waals surface area contributed by atoms with Gasteiger partial charge in [0.2, 0.25) is 0 Å². The number of hydrogen-bond acceptors (Lipinski definition) is 5. The Kier molecular flexibility index (Phi) is 7.13. The molecule has 0 saturated heterocycles. The van der Waals surface area contributed by atoms with Crippen molar-refractivity contribution in [3.05, 3.63) is 97.7 Å². The highest BCUT2D eigenvalue weighted by molar-refractivity contribution is 8.02. The maximum Gasteiger partial charge on any atom is 0.328 e. The summed E-state index contributed by atoms with van der Waals surface area (Å²) in [6, 6.07) is 16.4. The first-order valence-corrected chi connectivity index (χ1v) is 13.5. The molecule has 4 rings (SSSR count). The van der Waals surface area contributed by atoms with E-state index in [0.717, 1.165) is 16.0 Å².